The quantitative estimate of drug-likeness (QED) is 0.248. The van der Waals surface area contributed by atoms with E-state index in [1.54, 1.807) is 11.5 Å². The monoisotopic (exact) mass is 410 g/mol. The van der Waals surface area contributed by atoms with Crippen molar-refractivity contribution < 1.29 is 13.9 Å². The topological polar surface area (TPSA) is 36.2 Å². The number of benzene rings is 1. The molecule has 1 aromatic carbocycles. The van der Waals surface area contributed by atoms with Crippen molar-refractivity contribution in [2.45, 2.75) is 51.6 Å². The third kappa shape index (κ3) is 5.62. The lowest BCUT2D eigenvalue weighted by molar-refractivity contribution is -0.106. The van der Waals surface area contributed by atoms with Crippen LogP contribution in [0.15, 0.2) is 41.5 Å². The second-order valence-electron chi connectivity index (χ2n) is 7.63. The van der Waals surface area contributed by atoms with Gasteiger partial charge in [0.25, 0.3) is 0 Å². The van der Waals surface area contributed by atoms with Gasteiger partial charge in [-0.1, -0.05) is 25.4 Å². The van der Waals surface area contributed by atoms with Gasteiger partial charge in [0.1, 0.15) is 12.0 Å². The van der Waals surface area contributed by atoms with Gasteiger partial charge in [-0.25, -0.2) is 0 Å². The van der Waals surface area contributed by atoms with E-state index in [4.69, 9.17) is 4.74 Å². The van der Waals surface area contributed by atoms with Crippen LogP contribution < -0.4 is 4.74 Å². The number of hydrogen-bond acceptors (Lipinski definition) is 4. The average molecular weight is 411 g/mol. The zero-order chi connectivity index (χ0) is 20.2. The molecule has 7 heteroatoms. The Morgan fingerprint density at radius 2 is 2.04 bits per heavy atom. The standard InChI is InChI=1S/C20H27FN2O2S2/c1-14(2)11-22-7-8-23(20(3,4)5)16-9-19(26-6)17(10-18(16)27-22)25-13-15(21)12-24/h7-10,12-14H,11H2,1-6H3/b15-13-. The molecule has 4 nitrogen and oxygen atoms in total. The lowest BCUT2D eigenvalue weighted by atomic mass is 10.1. The molecule has 0 saturated heterocycles. The lowest BCUT2D eigenvalue weighted by Crippen LogP contribution is -2.21. The number of nitrogens with zero attached hydrogens (tertiary/aromatic N) is 2. The molecular formula is C20H27FN2O2S2. The van der Waals surface area contributed by atoms with Crippen LogP contribution in [0, 0.1) is 5.92 Å². The molecule has 0 aliphatic rings. The second-order valence-corrected chi connectivity index (χ2v) is 9.57. The van der Waals surface area contributed by atoms with Crippen molar-refractivity contribution >= 4 is 39.8 Å². The fourth-order valence-electron chi connectivity index (χ4n) is 2.61. The molecule has 2 rings (SSSR count). The Morgan fingerprint density at radius 1 is 1.33 bits per heavy atom. The molecule has 148 valence electrons. The van der Waals surface area contributed by atoms with Crippen LogP contribution in [0.2, 0.25) is 0 Å². The van der Waals surface area contributed by atoms with Crippen molar-refractivity contribution in [3.63, 3.8) is 0 Å². The first kappa shape index (κ1) is 21.6. The average Bonchev–Trinajstić information content (AvgIpc) is 2.76. The van der Waals surface area contributed by atoms with Gasteiger partial charge in [-0.05, 0) is 39.0 Å². The summed E-state index contributed by atoms with van der Waals surface area (Å²) in [6.45, 7) is 11.7. The van der Waals surface area contributed by atoms with Crippen LogP contribution in [0.4, 0.5) is 4.39 Å². The molecule has 0 aliphatic heterocycles. The summed E-state index contributed by atoms with van der Waals surface area (Å²) in [6.07, 6.45) is 7.13. The Labute approximate surface area is 168 Å². The highest BCUT2D eigenvalue weighted by molar-refractivity contribution is 7.98. The largest absolute Gasteiger partial charge is 0.461 e. The minimum atomic E-state index is -0.941. The Hall–Kier alpha value is -1.73. The molecule has 0 aliphatic carbocycles. The minimum absolute atomic E-state index is 0.110. The Bertz CT molecular complexity index is 884. The number of carbonyl (C=O) groups is 1. The van der Waals surface area contributed by atoms with Crippen LogP contribution in [0.25, 0.3) is 10.2 Å². The SMILES string of the molecule is CSc1cc2c(cc1O/C=C(\F)C=O)sn(CC(C)C)ccn2C(C)(C)C. The fraction of sp³-hybridized carbons (Fsp3) is 0.450. The lowest BCUT2D eigenvalue weighted by Gasteiger charge is -2.24. The van der Waals surface area contributed by atoms with Crippen molar-refractivity contribution in [2.24, 2.45) is 5.92 Å². The molecule has 0 unspecified atom stereocenters. The van der Waals surface area contributed by atoms with Gasteiger partial charge in [-0.3, -0.25) is 4.79 Å². The molecule has 27 heavy (non-hydrogen) atoms. The van der Waals surface area contributed by atoms with E-state index >= 15 is 0 Å². The normalized spacial score (nSPS) is 12.5. The Morgan fingerprint density at radius 3 is 2.59 bits per heavy atom. The van der Waals surface area contributed by atoms with Crippen molar-refractivity contribution in [3.05, 3.63) is 36.6 Å². The number of ether oxygens (including phenoxy) is 1. The van der Waals surface area contributed by atoms with E-state index in [0.29, 0.717) is 11.7 Å². The summed E-state index contributed by atoms with van der Waals surface area (Å²) in [5.74, 6) is 0.104. The van der Waals surface area contributed by atoms with Crippen molar-refractivity contribution in [2.75, 3.05) is 6.26 Å². The molecule has 0 amide bonds. The van der Waals surface area contributed by atoms with Gasteiger partial charge in [0.2, 0.25) is 0 Å². The minimum Gasteiger partial charge on any atom is -0.461 e. The van der Waals surface area contributed by atoms with Crippen LogP contribution in [-0.4, -0.2) is 21.1 Å². The zero-order valence-electron chi connectivity index (χ0n) is 16.7. The van der Waals surface area contributed by atoms with Gasteiger partial charge in [0.15, 0.2) is 12.1 Å². The summed E-state index contributed by atoms with van der Waals surface area (Å²) in [5.41, 5.74) is 0.966. The van der Waals surface area contributed by atoms with E-state index in [0.717, 1.165) is 27.9 Å². The van der Waals surface area contributed by atoms with Crippen LogP contribution in [-0.2, 0) is 16.9 Å². The fourth-order valence-corrected chi connectivity index (χ4v) is 4.30. The van der Waals surface area contributed by atoms with Gasteiger partial charge in [-0.15, -0.1) is 11.8 Å². The highest BCUT2D eigenvalue weighted by atomic mass is 32.2. The number of allylic oxidation sites excluding steroid dienone is 1. The maximum atomic E-state index is 13.2. The number of hydrogen-bond donors (Lipinski definition) is 0. The highest BCUT2D eigenvalue weighted by Gasteiger charge is 2.16. The number of halogens is 1. The number of fused-ring (bicyclic) bond motifs is 1. The number of carbonyl (C=O) groups excluding carboxylic acids is 1. The first-order chi connectivity index (χ1) is 12.7. The van der Waals surface area contributed by atoms with E-state index in [1.807, 2.05) is 12.3 Å². The summed E-state index contributed by atoms with van der Waals surface area (Å²) < 4.78 is 24.1. The van der Waals surface area contributed by atoms with E-state index in [9.17, 15) is 9.18 Å². The van der Waals surface area contributed by atoms with Crippen molar-refractivity contribution in [1.29, 1.82) is 0 Å². The molecule has 2 aromatic rings. The summed E-state index contributed by atoms with van der Waals surface area (Å²) in [4.78, 5) is 11.4. The van der Waals surface area contributed by atoms with Crippen molar-refractivity contribution in [1.82, 2.24) is 8.52 Å². The molecule has 0 saturated carbocycles. The second kappa shape index (κ2) is 8.97. The number of aldehydes is 1. The highest BCUT2D eigenvalue weighted by Crippen LogP contribution is 2.35. The van der Waals surface area contributed by atoms with E-state index in [2.05, 4.69) is 61.6 Å². The third-order valence-corrected chi connectivity index (χ3v) is 5.57. The smallest absolute Gasteiger partial charge is 0.197 e. The molecule has 0 N–H and O–H groups in total. The van der Waals surface area contributed by atoms with Gasteiger partial charge in [0, 0.05) is 30.5 Å². The van der Waals surface area contributed by atoms with E-state index < -0.39 is 5.83 Å². The predicted molar refractivity (Wildman–Crippen MR) is 113 cm³/mol. The summed E-state index contributed by atoms with van der Waals surface area (Å²) in [6, 6.07) is 3.98. The molecule has 0 bridgehead atoms. The molecule has 0 radical (unpaired) electrons. The number of rotatable bonds is 6. The predicted octanol–water partition coefficient (Wildman–Crippen LogP) is 6.15. The summed E-state index contributed by atoms with van der Waals surface area (Å²) >= 11 is 3.15. The zero-order valence-corrected chi connectivity index (χ0v) is 18.3. The Balaban J connectivity index is 2.77. The van der Waals surface area contributed by atoms with E-state index in [-0.39, 0.29) is 11.8 Å². The van der Waals surface area contributed by atoms with Crippen LogP contribution in [0.1, 0.15) is 34.6 Å². The molecule has 0 atom stereocenters. The first-order valence-electron chi connectivity index (χ1n) is 8.77. The van der Waals surface area contributed by atoms with Gasteiger partial charge >= 0.3 is 0 Å². The first-order valence-corrected chi connectivity index (χ1v) is 10.8. The number of thioether (sulfide) groups is 1. The maximum Gasteiger partial charge on any atom is 0.197 e. The summed E-state index contributed by atoms with van der Waals surface area (Å²) in [7, 11) is 0. The van der Waals surface area contributed by atoms with Gasteiger partial charge in [-0.2, -0.15) is 4.39 Å². The van der Waals surface area contributed by atoms with E-state index in [1.165, 1.54) is 11.8 Å². The molecule has 1 heterocycles. The number of aromatic nitrogens is 2. The van der Waals surface area contributed by atoms with Crippen molar-refractivity contribution in [3.8, 4) is 5.75 Å². The van der Waals surface area contributed by atoms with Gasteiger partial charge in [0.05, 0.1) is 15.1 Å². The van der Waals surface area contributed by atoms with Gasteiger partial charge < -0.3 is 13.3 Å². The molecule has 0 fully saturated rings. The van der Waals surface area contributed by atoms with Crippen LogP contribution >= 0.6 is 23.3 Å². The van der Waals surface area contributed by atoms with Crippen LogP contribution in [0.5, 0.6) is 5.75 Å². The Kier molecular flexibility index (Phi) is 7.17. The third-order valence-electron chi connectivity index (χ3n) is 3.78. The van der Waals surface area contributed by atoms with Crippen LogP contribution in [0.3, 0.4) is 0 Å². The molecule has 1 aromatic heterocycles. The molecular weight excluding hydrogens is 383 g/mol. The summed E-state index contributed by atoms with van der Waals surface area (Å²) in [5, 5.41) is 0. The molecule has 0 spiro atoms. The maximum absolute atomic E-state index is 13.2.